The predicted molar refractivity (Wildman–Crippen MR) is 65.9 cm³/mol. The number of benzene rings is 1. The minimum atomic E-state index is -1.03. The lowest BCUT2D eigenvalue weighted by atomic mass is 10.3. The van der Waals surface area contributed by atoms with Crippen LogP contribution in [-0.2, 0) is 0 Å². The second-order valence-corrected chi connectivity index (χ2v) is 3.62. The molecule has 0 aliphatic rings. The summed E-state index contributed by atoms with van der Waals surface area (Å²) in [6.45, 7) is 0. The van der Waals surface area contributed by atoms with Crippen LogP contribution in [0.5, 0.6) is 0 Å². The summed E-state index contributed by atoms with van der Waals surface area (Å²) in [6, 6.07) is 3.08. The quantitative estimate of drug-likeness (QED) is 0.890. The Labute approximate surface area is 107 Å². The molecule has 0 radical (unpaired) electrons. The zero-order valence-electron chi connectivity index (χ0n) is 9.95. The lowest BCUT2D eigenvalue weighted by Crippen LogP contribution is -2.14. The molecule has 0 saturated heterocycles. The van der Waals surface area contributed by atoms with E-state index in [4.69, 9.17) is 0 Å². The molecule has 0 aliphatic heterocycles. The lowest BCUT2D eigenvalue weighted by Gasteiger charge is -2.05. The molecule has 0 aliphatic carbocycles. The number of hydrogen-bond acceptors (Lipinski definition) is 4. The maximum absolute atomic E-state index is 13.0. The van der Waals surface area contributed by atoms with Gasteiger partial charge in [0, 0.05) is 18.8 Å². The lowest BCUT2D eigenvalue weighted by molar-refractivity contribution is 0.102. The van der Waals surface area contributed by atoms with E-state index in [9.17, 15) is 13.6 Å². The molecule has 1 heterocycles. The van der Waals surface area contributed by atoms with E-state index in [0.29, 0.717) is 5.82 Å². The van der Waals surface area contributed by atoms with Gasteiger partial charge in [-0.05, 0) is 12.1 Å². The highest BCUT2D eigenvalue weighted by atomic mass is 19.2. The van der Waals surface area contributed by atoms with E-state index in [-0.39, 0.29) is 11.4 Å². The predicted octanol–water partition coefficient (Wildman–Crippen LogP) is 2.05. The molecule has 0 saturated carbocycles. The summed E-state index contributed by atoms with van der Waals surface area (Å²) in [7, 11) is 1.67. The Morgan fingerprint density at radius 2 is 1.95 bits per heavy atom. The van der Waals surface area contributed by atoms with E-state index < -0.39 is 17.5 Å². The van der Waals surface area contributed by atoms with Crippen molar-refractivity contribution in [3.8, 4) is 0 Å². The molecule has 7 heteroatoms. The first-order chi connectivity index (χ1) is 9.10. The Bertz CT molecular complexity index is 601. The average molecular weight is 264 g/mol. The van der Waals surface area contributed by atoms with Crippen molar-refractivity contribution in [1.29, 1.82) is 0 Å². The number of nitrogens with zero attached hydrogens (tertiary/aromatic N) is 2. The van der Waals surface area contributed by atoms with E-state index >= 15 is 0 Å². The maximum Gasteiger partial charge on any atom is 0.275 e. The number of carbonyl (C=O) groups excluding carboxylic acids is 1. The van der Waals surface area contributed by atoms with Gasteiger partial charge < -0.3 is 10.6 Å². The topological polar surface area (TPSA) is 66.9 Å². The second-order valence-electron chi connectivity index (χ2n) is 3.62. The number of amides is 1. The minimum absolute atomic E-state index is 0.0729. The van der Waals surface area contributed by atoms with Gasteiger partial charge in [-0.2, -0.15) is 0 Å². The zero-order valence-corrected chi connectivity index (χ0v) is 9.95. The van der Waals surface area contributed by atoms with Gasteiger partial charge in [-0.25, -0.2) is 18.7 Å². The van der Waals surface area contributed by atoms with E-state index in [1.165, 1.54) is 18.5 Å². The SMILES string of the molecule is CNc1cnc(C(=O)Nc2ccc(F)c(F)c2)cn1. The standard InChI is InChI=1S/C12H10F2N4O/c1-15-11-6-16-10(5-17-11)12(19)18-7-2-3-8(13)9(14)4-7/h2-6H,1H3,(H,15,17)(H,18,19). The first kappa shape index (κ1) is 12.9. The Morgan fingerprint density at radius 3 is 2.53 bits per heavy atom. The van der Waals surface area contributed by atoms with Crippen LogP contribution in [-0.4, -0.2) is 22.9 Å². The van der Waals surface area contributed by atoms with Crippen molar-refractivity contribution in [1.82, 2.24) is 9.97 Å². The number of halogens is 2. The molecule has 0 bridgehead atoms. The van der Waals surface area contributed by atoms with E-state index in [2.05, 4.69) is 20.6 Å². The number of carbonyl (C=O) groups is 1. The van der Waals surface area contributed by atoms with Crippen molar-refractivity contribution >= 4 is 17.4 Å². The van der Waals surface area contributed by atoms with Crippen molar-refractivity contribution in [2.45, 2.75) is 0 Å². The molecule has 2 N–H and O–H groups in total. The number of aromatic nitrogens is 2. The van der Waals surface area contributed by atoms with Crippen LogP contribution in [0.25, 0.3) is 0 Å². The van der Waals surface area contributed by atoms with Gasteiger partial charge in [-0.15, -0.1) is 0 Å². The Morgan fingerprint density at radius 1 is 1.16 bits per heavy atom. The van der Waals surface area contributed by atoms with Gasteiger partial charge in [0.2, 0.25) is 0 Å². The van der Waals surface area contributed by atoms with Crippen LogP contribution in [0.4, 0.5) is 20.3 Å². The molecule has 1 aromatic heterocycles. The Balaban J connectivity index is 2.13. The van der Waals surface area contributed by atoms with Crippen LogP contribution in [0.15, 0.2) is 30.6 Å². The molecular formula is C12H10F2N4O. The summed E-state index contributed by atoms with van der Waals surface area (Å²) in [5.41, 5.74) is 0.215. The van der Waals surface area contributed by atoms with Gasteiger partial charge in [0.1, 0.15) is 11.5 Å². The van der Waals surface area contributed by atoms with Crippen molar-refractivity contribution in [3.63, 3.8) is 0 Å². The van der Waals surface area contributed by atoms with E-state index in [1.54, 1.807) is 7.05 Å². The normalized spacial score (nSPS) is 10.1. The summed E-state index contributed by atoms with van der Waals surface area (Å²) in [4.78, 5) is 19.6. The summed E-state index contributed by atoms with van der Waals surface area (Å²) < 4.78 is 25.7. The van der Waals surface area contributed by atoms with Crippen molar-refractivity contribution in [2.24, 2.45) is 0 Å². The third-order valence-corrected chi connectivity index (χ3v) is 2.32. The van der Waals surface area contributed by atoms with E-state index in [1.807, 2.05) is 0 Å². The van der Waals surface area contributed by atoms with Gasteiger partial charge in [-0.3, -0.25) is 4.79 Å². The second kappa shape index (κ2) is 5.38. The molecule has 19 heavy (non-hydrogen) atoms. The molecule has 0 fully saturated rings. The number of rotatable bonds is 3. The van der Waals surface area contributed by atoms with Gasteiger partial charge in [0.05, 0.1) is 12.4 Å². The number of nitrogens with one attached hydrogen (secondary N) is 2. The van der Waals surface area contributed by atoms with Crippen LogP contribution in [0, 0.1) is 11.6 Å². The monoisotopic (exact) mass is 264 g/mol. The molecule has 0 spiro atoms. The van der Waals surface area contributed by atoms with Gasteiger partial charge in [0.25, 0.3) is 5.91 Å². The van der Waals surface area contributed by atoms with Gasteiger partial charge >= 0.3 is 0 Å². The molecule has 1 aromatic carbocycles. The Kier molecular flexibility index (Phi) is 3.65. The summed E-state index contributed by atoms with van der Waals surface area (Å²) in [5, 5.41) is 5.16. The third-order valence-electron chi connectivity index (χ3n) is 2.32. The first-order valence-corrected chi connectivity index (χ1v) is 5.36. The number of anilines is 2. The molecular weight excluding hydrogens is 254 g/mol. The highest BCUT2D eigenvalue weighted by Crippen LogP contribution is 2.13. The summed E-state index contributed by atoms with van der Waals surface area (Å²) >= 11 is 0. The molecule has 5 nitrogen and oxygen atoms in total. The van der Waals surface area contributed by atoms with Crippen molar-refractivity contribution in [3.05, 3.63) is 47.9 Å². The fraction of sp³-hybridized carbons (Fsp3) is 0.0833. The van der Waals surface area contributed by atoms with Crippen LogP contribution in [0.2, 0.25) is 0 Å². The van der Waals surface area contributed by atoms with Gasteiger partial charge in [-0.1, -0.05) is 0 Å². The highest BCUT2D eigenvalue weighted by Gasteiger charge is 2.10. The van der Waals surface area contributed by atoms with Crippen LogP contribution < -0.4 is 10.6 Å². The highest BCUT2D eigenvalue weighted by molar-refractivity contribution is 6.02. The molecule has 2 aromatic rings. The first-order valence-electron chi connectivity index (χ1n) is 5.36. The fourth-order valence-corrected chi connectivity index (χ4v) is 1.34. The molecule has 98 valence electrons. The minimum Gasteiger partial charge on any atom is -0.372 e. The van der Waals surface area contributed by atoms with Gasteiger partial charge in [0.15, 0.2) is 11.6 Å². The number of hydrogen-bond donors (Lipinski definition) is 2. The Hall–Kier alpha value is -2.57. The summed E-state index contributed by atoms with van der Waals surface area (Å²) in [6.07, 6.45) is 2.67. The van der Waals surface area contributed by atoms with Crippen molar-refractivity contribution in [2.75, 3.05) is 17.7 Å². The van der Waals surface area contributed by atoms with Crippen molar-refractivity contribution < 1.29 is 13.6 Å². The van der Waals surface area contributed by atoms with Crippen LogP contribution >= 0.6 is 0 Å². The molecule has 0 atom stereocenters. The molecule has 0 unspecified atom stereocenters. The smallest absolute Gasteiger partial charge is 0.275 e. The van der Waals surface area contributed by atoms with Crippen LogP contribution in [0.1, 0.15) is 10.5 Å². The van der Waals surface area contributed by atoms with E-state index in [0.717, 1.165) is 12.1 Å². The largest absolute Gasteiger partial charge is 0.372 e. The van der Waals surface area contributed by atoms with Crippen LogP contribution in [0.3, 0.4) is 0 Å². The maximum atomic E-state index is 13.0. The zero-order chi connectivity index (χ0) is 13.8. The molecule has 2 rings (SSSR count). The third kappa shape index (κ3) is 3.01. The molecule has 1 amide bonds. The fourth-order valence-electron chi connectivity index (χ4n) is 1.34. The summed E-state index contributed by atoms with van der Waals surface area (Å²) in [5.74, 6) is -2.05. The average Bonchev–Trinajstić information content (AvgIpc) is 2.43.